The van der Waals surface area contributed by atoms with Gasteiger partial charge in [-0.1, -0.05) is 0 Å². The molecule has 0 spiro atoms. The molecule has 0 aromatic carbocycles. The number of hydrogen-bond donors (Lipinski definition) is 2. The fraction of sp³-hybridized carbons (Fsp3) is 0.857. The highest BCUT2D eigenvalue weighted by Gasteiger charge is 2.42. The van der Waals surface area contributed by atoms with Crippen molar-refractivity contribution < 1.29 is 9.90 Å². The minimum absolute atomic E-state index is 0.106. The standard InChI is InChI=1S/C7H11NO2/c9-7(10)5-2-1-4-3-6(5)8-4/h4-6,8H,1-3H2,(H,9,10). The minimum Gasteiger partial charge on any atom is -0.481 e. The third kappa shape index (κ3) is 0.736. The van der Waals surface area contributed by atoms with Crippen LogP contribution in [0.25, 0.3) is 0 Å². The van der Waals surface area contributed by atoms with Crippen molar-refractivity contribution in [3.63, 3.8) is 0 Å². The maximum Gasteiger partial charge on any atom is 0.308 e. The van der Waals surface area contributed by atoms with Gasteiger partial charge in [0.15, 0.2) is 0 Å². The van der Waals surface area contributed by atoms with Crippen LogP contribution in [0.2, 0.25) is 0 Å². The molecule has 2 aliphatic heterocycles. The van der Waals surface area contributed by atoms with E-state index >= 15 is 0 Å². The fourth-order valence-electron chi connectivity index (χ4n) is 1.94. The van der Waals surface area contributed by atoms with Crippen LogP contribution in [0.3, 0.4) is 0 Å². The molecule has 3 atom stereocenters. The summed E-state index contributed by atoms with van der Waals surface area (Å²) in [5, 5.41) is 11.9. The van der Waals surface area contributed by atoms with Crippen LogP contribution >= 0.6 is 0 Å². The van der Waals surface area contributed by atoms with Crippen LogP contribution in [0, 0.1) is 5.92 Å². The van der Waals surface area contributed by atoms with Gasteiger partial charge in [0, 0.05) is 12.1 Å². The molecule has 0 radical (unpaired) electrons. The van der Waals surface area contributed by atoms with Crippen molar-refractivity contribution in [2.24, 2.45) is 5.92 Å². The molecule has 2 bridgehead atoms. The molecule has 2 saturated heterocycles. The third-order valence-corrected chi connectivity index (χ3v) is 2.62. The summed E-state index contributed by atoms with van der Waals surface area (Å²) in [6.45, 7) is 0. The molecule has 1 aliphatic carbocycles. The number of aliphatic carboxylic acids is 1. The van der Waals surface area contributed by atoms with Crippen LogP contribution in [0.1, 0.15) is 19.3 Å². The predicted octanol–water partition coefficient (Wildman–Crippen LogP) is 0.212. The lowest BCUT2D eigenvalue weighted by Gasteiger charge is -2.46. The van der Waals surface area contributed by atoms with Gasteiger partial charge in [0.05, 0.1) is 5.92 Å². The predicted molar refractivity (Wildman–Crippen MR) is 35.7 cm³/mol. The first kappa shape index (κ1) is 6.16. The van der Waals surface area contributed by atoms with Crippen LogP contribution < -0.4 is 5.32 Å². The Hall–Kier alpha value is -0.570. The Bertz CT molecular complexity index is 160. The van der Waals surface area contributed by atoms with Crippen molar-refractivity contribution in [2.75, 3.05) is 0 Å². The molecule has 3 heteroatoms. The lowest BCUT2D eigenvalue weighted by Crippen LogP contribution is -2.61. The van der Waals surface area contributed by atoms with Crippen molar-refractivity contribution >= 4 is 5.97 Å². The molecule has 3 unspecified atom stereocenters. The maximum atomic E-state index is 10.5. The van der Waals surface area contributed by atoms with Gasteiger partial charge in [-0.05, 0) is 19.3 Å². The molecule has 56 valence electrons. The second kappa shape index (κ2) is 1.95. The number of carboxylic acids is 1. The van der Waals surface area contributed by atoms with Crippen molar-refractivity contribution in [1.29, 1.82) is 0 Å². The lowest BCUT2D eigenvalue weighted by molar-refractivity contribution is -0.146. The summed E-state index contributed by atoms with van der Waals surface area (Å²) in [7, 11) is 0. The van der Waals surface area contributed by atoms with Gasteiger partial charge in [0.25, 0.3) is 0 Å². The van der Waals surface area contributed by atoms with Gasteiger partial charge >= 0.3 is 5.97 Å². The number of nitrogens with one attached hydrogen (secondary N) is 1. The van der Waals surface area contributed by atoms with Crippen LogP contribution in [0.15, 0.2) is 0 Å². The molecule has 3 fully saturated rings. The number of carbonyl (C=O) groups is 1. The second-order valence-corrected chi connectivity index (χ2v) is 3.23. The molecule has 1 saturated carbocycles. The molecule has 2 heterocycles. The Labute approximate surface area is 59.4 Å². The maximum absolute atomic E-state index is 10.5. The molecule has 3 nitrogen and oxygen atoms in total. The summed E-state index contributed by atoms with van der Waals surface area (Å²) in [4.78, 5) is 10.5. The number of piperidine rings is 1. The van der Waals surface area contributed by atoms with Crippen molar-refractivity contribution in [1.82, 2.24) is 5.32 Å². The summed E-state index contributed by atoms with van der Waals surface area (Å²) >= 11 is 0. The summed E-state index contributed by atoms with van der Waals surface area (Å²) in [6, 6.07) is 0.928. The number of carboxylic acid groups (broad SMARTS) is 1. The van der Waals surface area contributed by atoms with E-state index in [1.807, 2.05) is 0 Å². The van der Waals surface area contributed by atoms with Gasteiger partial charge < -0.3 is 10.4 Å². The lowest BCUT2D eigenvalue weighted by atomic mass is 9.75. The highest BCUT2D eigenvalue weighted by Crippen LogP contribution is 2.32. The molecule has 3 aliphatic rings. The van der Waals surface area contributed by atoms with Gasteiger partial charge in [-0.15, -0.1) is 0 Å². The molecule has 0 amide bonds. The summed E-state index contributed by atoms with van der Waals surface area (Å²) in [5.41, 5.74) is 0. The van der Waals surface area contributed by atoms with E-state index in [1.165, 1.54) is 0 Å². The van der Waals surface area contributed by atoms with Crippen molar-refractivity contribution in [3.05, 3.63) is 0 Å². The van der Waals surface area contributed by atoms with Crippen LogP contribution in [-0.4, -0.2) is 23.2 Å². The molecular formula is C7H11NO2. The molecular weight excluding hydrogens is 130 g/mol. The number of hydrogen-bond acceptors (Lipinski definition) is 2. The van der Waals surface area contributed by atoms with Gasteiger partial charge in [-0.2, -0.15) is 0 Å². The molecule has 0 aromatic heterocycles. The largest absolute Gasteiger partial charge is 0.481 e. The second-order valence-electron chi connectivity index (χ2n) is 3.23. The first-order valence-electron chi connectivity index (χ1n) is 3.76. The van der Waals surface area contributed by atoms with E-state index in [0.717, 1.165) is 19.3 Å². The molecule has 10 heavy (non-hydrogen) atoms. The topological polar surface area (TPSA) is 49.3 Å². The Morgan fingerprint density at radius 2 is 2.20 bits per heavy atom. The van der Waals surface area contributed by atoms with E-state index in [-0.39, 0.29) is 12.0 Å². The smallest absolute Gasteiger partial charge is 0.308 e. The van der Waals surface area contributed by atoms with Crippen LogP contribution in [0.5, 0.6) is 0 Å². The van der Waals surface area contributed by atoms with Crippen molar-refractivity contribution in [2.45, 2.75) is 31.3 Å². The SMILES string of the molecule is O=C(O)C1CCC2CC1N2. The highest BCUT2D eigenvalue weighted by molar-refractivity contribution is 5.71. The van der Waals surface area contributed by atoms with E-state index in [1.54, 1.807) is 0 Å². The Kier molecular flexibility index (Phi) is 1.20. The van der Waals surface area contributed by atoms with Gasteiger partial charge in [-0.3, -0.25) is 4.79 Å². The van der Waals surface area contributed by atoms with E-state index in [4.69, 9.17) is 5.11 Å². The zero-order valence-corrected chi connectivity index (χ0v) is 5.71. The van der Waals surface area contributed by atoms with Crippen LogP contribution in [0.4, 0.5) is 0 Å². The van der Waals surface area contributed by atoms with E-state index in [2.05, 4.69) is 5.32 Å². The Morgan fingerprint density at radius 3 is 2.50 bits per heavy atom. The average molecular weight is 141 g/mol. The van der Waals surface area contributed by atoms with E-state index in [9.17, 15) is 4.79 Å². The molecule has 2 N–H and O–H groups in total. The third-order valence-electron chi connectivity index (χ3n) is 2.62. The summed E-state index contributed by atoms with van der Waals surface area (Å²) < 4.78 is 0. The quantitative estimate of drug-likeness (QED) is 0.549. The van der Waals surface area contributed by atoms with E-state index < -0.39 is 5.97 Å². The fourth-order valence-corrected chi connectivity index (χ4v) is 1.94. The normalized spacial score (nSPS) is 44.2. The average Bonchev–Trinajstić information content (AvgIpc) is 1.86. The van der Waals surface area contributed by atoms with Gasteiger partial charge in [-0.25, -0.2) is 0 Å². The van der Waals surface area contributed by atoms with Crippen LogP contribution in [-0.2, 0) is 4.79 Å². The molecule has 3 rings (SSSR count). The number of fused-ring (bicyclic) bond motifs is 2. The highest BCUT2D eigenvalue weighted by atomic mass is 16.4. The Balaban J connectivity index is 2.02. The minimum atomic E-state index is -0.629. The van der Waals surface area contributed by atoms with Crippen molar-refractivity contribution in [3.8, 4) is 0 Å². The first-order valence-corrected chi connectivity index (χ1v) is 3.76. The van der Waals surface area contributed by atoms with Gasteiger partial charge in [0.2, 0.25) is 0 Å². The molecule has 0 aromatic rings. The summed E-state index contributed by atoms with van der Waals surface area (Å²) in [5.74, 6) is -0.736. The monoisotopic (exact) mass is 141 g/mol. The summed E-state index contributed by atoms with van der Waals surface area (Å²) in [6.07, 6.45) is 3.00. The zero-order chi connectivity index (χ0) is 7.14. The van der Waals surface area contributed by atoms with E-state index in [0.29, 0.717) is 6.04 Å². The zero-order valence-electron chi connectivity index (χ0n) is 5.71. The first-order chi connectivity index (χ1) is 4.77. The Morgan fingerprint density at radius 1 is 1.50 bits per heavy atom. The number of rotatable bonds is 1. The van der Waals surface area contributed by atoms with Gasteiger partial charge in [0.1, 0.15) is 0 Å².